The number of benzene rings is 2. The van der Waals surface area contributed by atoms with E-state index in [0.29, 0.717) is 18.2 Å². The first-order chi connectivity index (χ1) is 15.1. The highest BCUT2D eigenvalue weighted by molar-refractivity contribution is 7.14. The molecule has 0 saturated heterocycles. The lowest BCUT2D eigenvalue weighted by Gasteiger charge is -2.24. The number of hydrogen-bond acceptors (Lipinski definition) is 5. The number of hydrogen-bond donors (Lipinski definition) is 1. The first kappa shape index (κ1) is 23.5. The van der Waals surface area contributed by atoms with Crippen molar-refractivity contribution < 1.29 is 27.5 Å². The summed E-state index contributed by atoms with van der Waals surface area (Å²) in [4.78, 5) is 29.0. The minimum Gasteiger partial charge on any atom is -0.475 e. The van der Waals surface area contributed by atoms with Gasteiger partial charge in [-0.1, -0.05) is 12.1 Å². The number of aryl methyl sites for hydroxylation is 1. The topological polar surface area (TPSA) is 68.3 Å². The molecule has 2 aromatic carbocycles. The highest BCUT2D eigenvalue weighted by Gasteiger charge is 2.31. The van der Waals surface area contributed by atoms with E-state index >= 15 is 0 Å². The molecule has 0 atom stereocenters. The fraction of sp³-hybridized carbons (Fsp3) is 0.261. The number of carbonyl (C=O) groups excluding carboxylic acids is 2. The number of Topliss-reactive ketones (excluding diaryl/α,β-unsaturated/α-hetero) is 1. The summed E-state index contributed by atoms with van der Waals surface area (Å²) in [5.41, 5.74) is -0.0846. The third-order valence-corrected chi connectivity index (χ3v) is 5.37. The summed E-state index contributed by atoms with van der Waals surface area (Å²) in [5, 5.41) is 4.53. The summed E-state index contributed by atoms with van der Waals surface area (Å²) in [6.45, 7) is 2.89. The van der Waals surface area contributed by atoms with Gasteiger partial charge in [-0.2, -0.15) is 0 Å². The Bertz CT molecular complexity index is 1110. The van der Waals surface area contributed by atoms with Crippen LogP contribution in [0.1, 0.15) is 31.5 Å². The van der Waals surface area contributed by atoms with Gasteiger partial charge in [-0.15, -0.1) is 11.3 Å². The second-order valence-electron chi connectivity index (χ2n) is 7.63. The lowest BCUT2D eigenvalue weighted by Crippen LogP contribution is -2.42. The minimum absolute atomic E-state index is 0.0343. The molecule has 3 aromatic rings. The highest BCUT2D eigenvalue weighted by Crippen LogP contribution is 2.25. The second kappa shape index (κ2) is 9.95. The number of anilines is 1. The average Bonchev–Trinajstić information content (AvgIpc) is 3.16. The molecule has 5 nitrogen and oxygen atoms in total. The van der Waals surface area contributed by atoms with Crippen LogP contribution in [-0.2, 0) is 22.4 Å². The van der Waals surface area contributed by atoms with Crippen LogP contribution in [0.4, 0.5) is 18.3 Å². The molecule has 1 aromatic heterocycles. The van der Waals surface area contributed by atoms with Crippen molar-refractivity contribution in [2.24, 2.45) is 0 Å². The summed E-state index contributed by atoms with van der Waals surface area (Å²) < 4.78 is 45.2. The van der Waals surface area contributed by atoms with Crippen LogP contribution in [0.2, 0.25) is 0 Å². The number of nitrogens with one attached hydrogen (secondary N) is 1. The third kappa shape index (κ3) is 6.40. The summed E-state index contributed by atoms with van der Waals surface area (Å²) >= 11 is 1.15. The molecule has 1 amide bonds. The second-order valence-corrected chi connectivity index (χ2v) is 8.49. The van der Waals surface area contributed by atoms with Gasteiger partial charge in [0.25, 0.3) is 5.91 Å². The Morgan fingerprint density at radius 2 is 1.75 bits per heavy atom. The van der Waals surface area contributed by atoms with Crippen molar-refractivity contribution in [2.75, 3.05) is 5.32 Å². The third-order valence-electron chi connectivity index (χ3n) is 4.56. The van der Waals surface area contributed by atoms with Crippen molar-refractivity contribution in [3.63, 3.8) is 0 Å². The number of rotatable bonds is 9. The normalized spacial score (nSPS) is 11.3. The van der Waals surface area contributed by atoms with Crippen molar-refractivity contribution in [2.45, 2.75) is 38.7 Å². The Morgan fingerprint density at radius 3 is 2.44 bits per heavy atom. The van der Waals surface area contributed by atoms with E-state index in [9.17, 15) is 22.8 Å². The van der Waals surface area contributed by atoms with Crippen LogP contribution in [0.25, 0.3) is 0 Å². The van der Waals surface area contributed by atoms with E-state index in [0.717, 1.165) is 29.0 Å². The molecule has 9 heteroatoms. The molecule has 1 N–H and O–H groups in total. The van der Waals surface area contributed by atoms with Crippen LogP contribution < -0.4 is 10.1 Å². The quantitative estimate of drug-likeness (QED) is 0.480. The molecule has 0 unspecified atom stereocenters. The van der Waals surface area contributed by atoms with Gasteiger partial charge in [0.1, 0.15) is 17.4 Å². The maximum absolute atomic E-state index is 13.8. The fourth-order valence-electron chi connectivity index (χ4n) is 2.80. The Morgan fingerprint density at radius 1 is 1.06 bits per heavy atom. The number of amides is 1. The van der Waals surface area contributed by atoms with E-state index in [-0.39, 0.29) is 35.3 Å². The lowest BCUT2D eigenvalue weighted by atomic mass is 10.1. The van der Waals surface area contributed by atoms with Gasteiger partial charge in [0.05, 0.1) is 5.69 Å². The molecular weight excluding hydrogens is 441 g/mol. The highest BCUT2D eigenvalue weighted by atomic mass is 32.1. The van der Waals surface area contributed by atoms with E-state index in [4.69, 9.17) is 4.74 Å². The zero-order chi connectivity index (χ0) is 23.3. The van der Waals surface area contributed by atoms with Crippen LogP contribution >= 0.6 is 11.3 Å². The number of ketones is 1. The van der Waals surface area contributed by atoms with Crippen molar-refractivity contribution >= 4 is 28.2 Å². The molecule has 0 saturated carbocycles. The monoisotopic (exact) mass is 462 g/mol. The number of carbonyl (C=O) groups is 2. The molecule has 3 rings (SSSR count). The Balaban J connectivity index is 1.53. The van der Waals surface area contributed by atoms with Gasteiger partial charge in [0, 0.05) is 24.3 Å². The van der Waals surface area contributed by atoms with Gasteiger partial charge in [0.2, 0.25) is 0 Å². The van der Waals surface area contributed by atoms with Gasteiger partial charge in [0.15, 0.2) is 22.3 Å². The maximum Gasteiger partial charge on any atom is 0.269 e. The molecule has 0 aliphatic heterocycles. The molecule has 0 radical (unpaired) electrons. The molecule has 0 aliphatic carbocycles. The molecule has 0 spiro atoms. The number of nitrogens with zero attached hydrogens (tertiary/aromatic N) is 1. The van der Waals surface area contributed by atoms with Crippen LogP contribution in [0, 0.1) is 17.5 Å². The first-order valence-corrected chi connectivity index (χ1v) is 10.7. The van der Waals surface area contributed by atoms with Gasteiger partial charge >= 0.3 is 0 Å². The van der Waals surface area contributed by atoms with E-state index < -0.39 is 23.1 Å². The van der Waals surface area contributed by atoms with Crippen LogP contribution in [-0.4, -0.2) is 22.3 Å². The van der Waals surface area contributed by atoms with Crippen molar-refractivity contribution in [3.8, 4) is 5.75 Å². The summed E-state index contributed by atoms with van der Waals surface area (Å²) in [7, 11) is 0. The maximum atomic E-state index is 13.8. The molecule has 1 heterocycles. The Labute approximate surface area is 187 Å². The van der Waals surface area contributed by atoms with E-state index in [1.165, 1.54) is 26.0 Å². The van der Waals surface area contributed by atoms with Crippen LogP contribution in [0.3, 0.4) is 0 Å². The van der Waals surface area contributed by atoms with Crippen molar-refractivity contribution in [1.82, 2.24) is 4.98 Å². The molecule has 32 heavy (non-hydrogen) atoms. The zero-order valence-electron chi connectivity index (χ0n) is 17.5. The average molecular weight is 462 g/mol. The molecule has 0 bridgehead atoms. The van der Waals surface area contributed by atoms with Crippen molar-refractivity contribution in [3.05, 3.63) is 76.6 Å². The molecule has 168 valence electrons. The van der Waals surface area contributed by atoms with Crippen LogP contribution in [0.5, 0.6) is 5.75 Å². The predicted octanol–water partition coefficient (Wildman–Crippen LogP) is 5.10. The largest absolute Gasteiger partial charge is 0.475 e. The van der Waals surface area contributed by atoms with Gasteiger partial charge in [-0.3, -0.25) is 14.9 Å². The Kier molecular flexibility index (Phi) is 7.29. The summed E-state index contributed by atoms with van der Waals surface area (Å²) in [6, 6.07) is 8.80. The number of thiazole rings is 1. The summed E-state index contributed by atoms with van der Waals surface area (Å²) in [5.74, 6) is -2.86. The number of halogens is 3. The van der Waals surface area contributed by atoms with Crippen LogP contribution in [0.15, 0.2) is 47.8 Å². The Hall–Kier alpha value is -3.20. The first-order valence-electron chi connectivity index (χ1n) is 9.78. The van der Waals surface area contributed by atoms with E-state index in [2.05, 4.69) is 10.3 Å². The van der Waals surface area contributed by atoms with Gasteiger partial charge < -0.3 is 4.74 Å². The van der Waals surface area contributed by atoms with E-state index in [1.807, 2.05) is 0 Å². The standard InChI is InChI=1S/C23H21F3N2O3S/c1-23(2,31-20-10-8-16(25)11-19(20)26)21(30)28-22-27-17(13-32-22)12-18(29)9-5-14-3-6-15(24)7-4-14/h3-4,6-8,10-11,13H,5,9,12H2,1-2H3,(H,27,28,30). The summed E-state index contributed by atoms with van der Waals surface area (Å²) in [6.07, 6.45) is 0.890. The fourth-order valence-corrected chi connectivity index (χ4v) is 3.50. The van der Waals surface area contributed by atoms with Gasteiger partial charge in [-0.05, 0) is 50.1 Å². The van der Waals surface area contributed by atoms with Crippen molar-refractivity contribution in [1.29, 1.82) is 0 Å². The SMILES string of the molecule is CC(C)(Oc1ccc(F)cc1F)C(=O)Nc1nc(CC(=O)CCc2ccc(F)cc2)cs1. The van der Waals surface area contributed by atoms with Gasteiger partial charge in [-0.25, -0.2) is 18.2 Å². The molecule has 0 fully saturated rings. The smallest absolute Gasteiger partial charge is 0.269 e. The lowest BCUT2D eigenvalue weighted by molar-refractivity contribution is -0.128. The minimum atomic E-state index is -1.46. The number of aromatic nitrogens is 1. The van der Waals surface area contributed by atoms with E-state index in [1.54, 1.807) is 17.5 Å². The zero-order valence-corrected chi connectivity index (χ0v) is 18.3. The predicted molar refractivity (Wildman–Crippen MR) is 115 cm³/mol. The molecule has 0 aliphatic rings. The molecular formula is C23H21F3N2O3S. The number of ether oxygens (including phenoxy) is 1.